The van der Waals surface area contributed by atoms with Crippen LogP contribution in [0.3, 0.4) is 0 Å². The van der Waals surface area contributed by atoms with Crippen molar-refractivity contribution >= 4 is 0 Å². The van der Waals surface area contributed by atoms with Crippen LogP contribution in [0, 0.1) is 19.3 Å². The van der Waals surface area contributed by atoms with Crippen LogP contribution in [-0.4, -0.2) is 0 Å². The van der Waals surface area contributed by atoms with Crippen LogP contribution >= 0.6 is 0 Å². The van der Waals surface area contributed by atoms with E-state index in [0.717, 1.165) is 0 Å². The molecule has 0 unspecified atom stereocenters. The second-order valence-corrected chi connectivity index (χ2v) is 0.204. The number of terminal acetylenes is 1. The predicted molar refractivity (Wildman–Crippen MR) is 14.2 cm³/mol. The normalized spacial score (nSPS) is 1.75. The fourth-order valence-corrected chi connectivity index (χ4v) is 0. The molecule has 0 atom stereocenters. The van der Waals surface area contributed by atoms with Crippen molar-refractivity contribution in [2.45, 2.75) is 0 Å². The summed E-state index contributed by atoms with van der Waals surface area (Å²) in [5.74, 6) is 2.00. The molecule has 0 saturated carbocycles. The van der Waals surface area contributed by atoms with Gasteiger partial charge in [0, 0.05) is 16.8 Å². The molecule has 0 aromatic rings. The van der Waals surface area contributed by atoms with Crippen molar-refractivity contribution in [2.75, 3.05) is 0 Å². The molecule has 0 amide bonds. The second-order valence-electron chi connectivity index (χ2n) is 0.204. The molecule has 0 saturated heterocycles. The van der Waals surface area contributed by atoms with Crippen LogP contribution in [0.2, 0.25) is 0 Å². The summed E-state index contributed by atoms with van der Waals surface area (Å²) >= 11 is 0. The molecule has 0 N–H and O–H groups in total. The zero-order chi connectivity index (χ0) is 2.71. The third kappa shape index (κ3) is 421. The first kappa shape index (κ1) is 9.05. The van der Waals surface area contributed by atoms with E-state index in [-0.39, 0.29) is 16.8 Å². The van der Waals surface area contributed by atoms with Gasteiger partial charge in [0.15, 0.2) is 0 Å². The van der Waals surface area contributed by atoms with Crippen LogP contribution in [0.25, 0.3) is 0 Å². The maximum atomic E-state index is 4.49. The van der Waals surface area contributed by atoms with Gasteiger partial charge >= 0.3 is 0 Å². The van der Waals surface area contributed by atoms with Gasteiger partial charge < -0.3 is 12.3 Å². The number of rotatable bonds is 0. The average Bonchev–Trinajstić information content (AvgIpc) is 0.918. The maximum Gasteiger partial charge on any atom is 0 e. The van der Waals surface area contributed by atoms with Gasteiger partial charge in [-0.25, -0.2) is 0 Å². The Labute approximate surface area is 36.8 Å². The van der Waals surface area contributed by atoms with Crippen molar-refractivity contribution in [3.05, 3.63) is 6.92 Å². The predicted octanol–water partition coefficient (Wildman–Crippen LogP) is 0.451. The summed E-state index contributed by atoms with van der Waals surface area (Å²) in [5.41, 5.74) is 0. The summed E-state index contributed by atoms with van der Waals surface area (Å²) in [7, 11) is 0. The third-order valence-corrected chi connectivity index (χ3v) is 0. The van der Waals surface area contributed by atoms with Crippen LogP contribution in [0.1, 0.15) is 0 Å². The van der Waals surface area contributed by atoms with Crippen molar-refractivity contribution in [2.24, 2.45) is 0 Å². The van der Waals surface area contributed by atoms with E-state index >= 15 is 0 Å². The van der Waals surface area contributed by atoms with Gasteiger partial charge in [-0.2, -0.15) is 6.92 Å². The maximum absolute atomic E-state index is 4.49. The van der Waals surface area contributed by atoms with Gasteiger partial charge in [0.1, 0.15) is 0 Å². The first-order valence-electron chi connectivity index (χ1n) is 0.642. The van der Waals surface area contributed by atoms with Gasteiger partial charge in [0.25, 0.3) is 0 Å². The molecule has 4 heavy (non-hydrogen) atoms. The summed E-state index contributed by atoms with van der Waals surface area (Å²) in [6.07, 6.45) is 4.49. The molecule has 0 fully saturated rings. The zero-order valence-electron chi connectivity index (χ0n) is 2.12. The Kier molecular flexibility index (Phi) is 28.4. The zero-order valence-corrected chi connectivity index (χ0v) is 3.16. The molecule has 0 nitrogen and oxygen atoms in total. The molecular formula is C3H3Co-. The van der Waals surface area contributed by atoms with Crippen LogP contribution in [0.4, 0.5) is 0 Å². The molecule has 0 aliphatic rings. The minimum atomic E-state index is 0. The minimum Gasteiger partial charge on any atom is -0.345 e. The Morgan fingerprint density at radius 1 is 1.75 bits per heavy atom. The summed E-state index contributed by atoms with van der Waals surface area (Å²) in [4.78, 5) is 0. The van der Waals surface area contributed by atoms with Crippen molar-refractivity contribution < 1.29 is 16.8 Å². The fourth-order valence-electron chi connectivity index (χ4n) is 0. The Hall–Kier alpha value is -0.0635. The Morgan fingerprint density at radius 3 is 1.75 bits per heavy atom. The minimum absolute atomic E-state index is 0. The molecule has 0 aromatic carbocycles. The average molecular weight is 98.0 g/mol. The summed E-state index contributed by atoms with van der Waals surface area (Å²) in [6, 6.07) is 0. The van der Waals surface area contributed by atoms with Crippen LogP contribution in [-0.2, 0) is 16.8 Å². The van der Waals surface area contributed by atoms with Gasteiger partial charge in [-0.05, 0) is 0 Å². The van der Waals surface area contributed by atoms with Crippen molar-refractivity contribution in [3.8, 4) is 12.3 Å². The number of hydrogen-bond acceptors (Lipinski definition) is 0. The molecule has 0 bridgehead atoms. The van der Waals surface area contributed by atoms with Gasteiger partial charge in [0.05, 0.1) is 0 Å². The smallest absolute Gasteiger partial charge is 0 e. The monoisotopic (exact) mass is 98.0 g/mol. The topological polar surface area (TPSA) is 0 Å². The van der Waals surface area contributed by atoms with E-state index in [1.54, 1.807) is 0 Å². The molecule has 1 radical (unpaired) electrons. The summed E-state index contributed by atoms with van der Waals surface area (Å²) < 4.78 is 0. The third-order valence-electron chi connectivity index (χ3n) is 0. The second kappa shape index (κ2) is 12.6. The van der Waals surface area contributed by atoms with Gasteiger partial charge in [0.2, 0.25) is 0 Å². The molecule has 0 aliphatic heterocycles. The molecule has 0 heterocycles. The molecule has 0 aliphatic carbocycles. The molecular weight excluding hydrogens is 95.0 g/mol. The molecule has 25 valence electrons. The first-order chi connectivity index (χ1) is 1.41. The van der Waals surface area contributed by atoms with Gasteiger partial charge in [-0.1, -0.05) is 0 Å². The van der Waals surface area contributed by atoms with Crippen LogP contribution in [0.5, 0.6) is 0 Å². The Bertz CT molecular complexity index is 24.8. The van der Waals surface area contributed by atoms with Crippen molar-refractivity contribution in [1.29, 1.82) is 0 Å². The van der Waals surface area contributed by atoms with Gasteiger partial charge in [-0.3, -0.25) is 0 Å². The first-order valence-corrected chi connectivity index (χ1v) is 0.642. The molecule has 0 aromatic heterocycles. The van der Waals surface area contributed by atoms with E-state index in [2.05, 4.69) is 13.3 Å². The Morgan fingerprint density at radius 2 is 1.75 bits per heavy atom. The van der Waals surface area contributed by atoms with E-state index in [0.29, 0.717) is 0 Å². The summed E-state index contributed by atoms with van der Waals surface area (Å²) in [5, 5.41) is 0. The standard InChI is InChI=1S/C3H3.Co/c1-3-2;/h1H,2H2;/q-1;. The van der Waals surface area contributed by atoms with E-state index in [4.69, 9.17) is 0 Å². The molecule has 0 rings (SSSR count). The fraction of sp³-hybridized carbons (Fsp3) is 0. The molecule has 0 spiro atoms. The van der Waals surface area contributed by atoms with E-state index < -0.39 is 0 Å². The SMILES string of the molecule is C#C[CH2-].[Co]. The van der Waals surface area contributed by atoms with E-state index in [1.165, 1.54) is 0 Å². The van der Waals surface area contributed by atoms with E-state index in [1.807, 2.05) is 5.92 Å². The van der Waals surface area contributed by atoms with Crippen molar-refractivity contribution in [3.63, 3.8) is 0 Å². The Balaban J connectivity index is 0. The van der Waals surface area contributed by atoms with Crippen molar-refractivity contribution in [1.82, 2.24) is 0 Å². The quantitative estimate of drug-likeness (QED) is 0.305. The largest absolute Gasteiger partial charge is 0.345 e. The number of hydrogen-bond donors (Lipinski definition) is 0. The molecule has 1 heteroatoms. The van der Waals surface area contributed by atoms with Gasteiger partial charge in [-0.15, -0.1) is 0 Å². The van der Waals surface area contributed by atoms with E-state index in [9.17, 15) is 0 Å². The summed E-state index contributed by atoms with van der Waals surface area (Å²) in [6.45, 7) is 3.01. The van der Waals surface area contributed by atoms with Crippen LogP contribution < -0.4 is 0 Å². The van der Waals surface area contributed by atoms with Crippen LogP contribution in [0.15, 0.2) is 0 Å².